The lowest BCUT2D eigenvalue weighted by atomic mass is 10.2. The van der Waals surface area contributed by atoms with Crippen LogP contribution in [0.4, 0.5) is 14.9 Å². The summed E-state index contributed by atoms with van der Waals surface area (Å²) in [6.45, 7) is 3.00. The predicted molar refractivity (Wildman–Crippen MR) is 65.0 cm³/mol. The number of amides is 2. The molecular weight excluding hydrogens is 239 g/mol. The van der Waals surface area contributed by atoms with Crippen LogP contribution >= 0.6 is 0 Å². The van der Waals surface area contributed by atoms with Crippen molar-refractivity contribution in [2.75, 3.05) is 12.4 Å². The van der Waals surface area contributed by atoms with E-state index >= 15 is 0 Å². The van der Waals surface area contributed by atoms with Gasteiger partial charge in [0.1, 0.15) is 11.9 Å². The van der Waals surface area contributed by atoms with Crippen molar-refractivity contribution in [2.45, 2.75) is 19.9 Å². The highest BCUT2D eigenvalue weighted by Gasteiger charge is 2.21. The van der Waals surface area contributed by atoms with Crippen molar-refractivity contribution in [2.24, 2.45) is 0 Å². The van der Waals surface area contributed by atoms with E-state index in [2.05, 4.69) is 5.32 Å². The Balaban J connectivity index is 2.75. The Morgan fingerprint density at radius 3 is 2.56 bits per heavy atom. The number of likely N-dealkylation sites (N-methyl/N-ethyl adjacent to an activating group) is 1. The molecule has 5 nitrogen and oxygen atoms in total. The van der Waals surface area contributed by atoms with E-state index in [4.69, 9.17) is 5.11 Å². The number of nitrogens with zero attached hydrogens (tertiary/aromatic N) is 1. The van der Waals surface area contributed by atoms with E-state index in [-0.39, 0.29) is 5.69 Å². The summed E-state index contributed by atoms with van der Waals surface area (Å²) in [5, 5.41) is 11.2. The molecule has 0 bridgehead atoms. The molecule has 1 aromatic carbocycles. The summed E-state index contributed by atoms with van der Waals surface area (Å²) in [6.07, 6.45) is 0. The molecule has 1 rings (SSSR count). The lowest BCUT2D eigenvalue weighted by Gasteiger charge is -2.21. The van der Waals surface area contributed by atoms with E-state index in [9.17, 15) is 14.0 Å². The number of urea groups is 1. The number of aliphatic carboxylic acids is 1. The van der Waals surface area contributed by atoms with Gasteiger partial charge in [-0.25, -0.2) is 14.0 Å². The molecule has 0 aliphatic carbocycles. The predicted octanol–water partition coefficient (Wildman–Crippen LogP) is 2.07. The summed E-state index contributed by atoms with van der Waals surface area (Å²) in [6, 6.07) is 2.71. The molecule has 0 saturated carbocycles. The Hall–Kier alpha value is -2.11. The maximum atomic E-state index is 13.3. The number of carboxylic acids is 1. The molecule has 1 atom stereocenters. The second kappa shape index (κ2) is 5.48. The molecule has 2 amide bonds. The number of aryl methyl sites for hydroxylation is 1. The lowest BCUT2D eigenvalue weighted by Crippen LogP contribution is -2.42. The van der Waals surface area contributed by atoms with Crippen LogP contribution in [0.1, 0.15) is 12.5 Å². The number of hydrogen-bond acceptors (Lipinski definition) is 2. The zero-order valence-corrected chi connectivity index (χ0v) is 10.4. The standard InChI is InChI=1S/C12H15FN2O3/c1-7-4-5-9(6-10(7)13)14-12(18)15(3)8(2)11(16)17/h4-6,8H,1-3H3,(H,14,18)(H,16,17). The summed E-state index contributed by atoms with van der Waals surface area (Å²) < 4.78 is 13.3. The van der Waals surface area contributed by atoms with E-state index in [0.717, 1.165) is 4.90 Å². The van der Waals surface area contributed by atoms with Gasteiger partial charge >= 0.3 is 12.0 Å². The first-order valence-corrected chi connectivity index (χ1v) is 5.35. The van der Waals surface area contributed by atoms with Crippen molar-refractivity contribution in [1.82, 2.24) is 4.90 Å². The third kappa shape index (κ3) is 3.19. The number of rotatable bonds is 3. The van der Waals surface area contributed by atoms with Crippen LogP contribution < -0.4 is 5.32 Å². The molecule has 1 aromatic rings. The molecule has 0 radical (unpaired) electrons. The highest BCUT2D eigenvalue weighted by atomic mass is 19.1. The van der Waals surface area contributed by atoms with Gasteiger partial charge in [-0.3, -0.25) is 0 Å². The van der Waals surface area contributed by atoms with Gasteiger partial charge in [-0.2, -0.15) is 0 Å². The van der Waals surface area contributed by atoms with Crippen LogP contribution in [0.15, 0.2) is 18.2 Å². The number of carbonyl (C=O) groups is 2. The zero-order chi connectivity index (χ0) is 13.9. The molecule has 0 aromatic heterocycles. The minimum atomic E-state index is -1.11. The molecule has 2 N–H and O–H groups in total. The van der Waals surface area contributed by atoms with Crippen LogP contribution in [0.25, 0.3) is 0 Å². The van der Waals surface area contributed by atoms with Crippen molar-refractivity contribution >= 4 is 17.7 Å². The van der Waals surface area contributed by atoms with Crippen LogP contribution in [-0.4, -0.2) is 35.1 Å². The number of carboxylic acid groups (broad SMARTS) is 1. The average Bonchev–Trinajstić information content (AvgIpc) is 2.31. The number of carbonyl (C=O) groups excluding carboxylic acids is 1. The first-order valence-electron chi connectivity index (χ1n) is 5.35. The fourth-order valence-electron chi connectivity index (χ4n) is 1.22. The fraction of sp³-hybridized carbons (Fsp3) is 0.333. The van der Waals surface area contributed by atoms with Crippen molar-refractivity contribution in [3.63, 3.8) is 0 Å². The van der Waals surface area contributed by atoms with E-state index in [1.807, 2.05) is 0 Å². The first kappa shape index (κ1) is 14.0. The fourth-order valence-corrected chi connectivity index (χ4v) is 1.22. The summed E-state index contributed by atoms with van der Waals surface area (Å²) >= 11 is 0. The number of nitrogens with one attached hydrogen (secondary N) is 1. The van der Waals surface area contributed by atoms with E-state index in [1.54, 1.807) is 13.0 Å². The second-order valence-corrected chi connectivity index (χ2v) is 4.02. The monoisotopic (exact) mass is 254 g/mol. The first-order chi connectivity index (χ1) is 8.32. The highest BCUT2D eigenvalue weighted by molar-refractivity contribution is 5.92. The number of benzene rings is 1. The topological polar surface area (TPSA) is 69.6 Å². The molecule has 0 spiro atoms. The van der Waals surface area contributed by atoms with Gasteiger partial charge in [0.25, 0.3) is 0 Å². The molecule has 0 aliphatic heterocycles. The summed E-state index contributed by atoms with van der Waals surface area (Å²) in [5.41, 5.74) is 0.757. The molecule has 0 fully saturated rings. The van der Waals surface area contributed by atoms with E-state index < -0.39 is 23.9 Å². The van der Waals surface area contributed by atoms with Gasteiger partial charge in [0.15, 0.2) is 0 Å². The molecule has 1 unspecified atom stereocenters. The van der Waals surface area contributed by atoms with E-state index in [1.165, 1.54) is 26.1 Å². The van der Waals surface area contributed by atoms with Crippen molar-refractivity contribution < 1.29 is 19.1 Å². The number of hydrogen-bond donors (Lipinski definition) is 2. The van der Waals surface area contributed by atoms with Crippen LogP contribution in [-0.2, 0) is 4.79 Å². The Morgan fingerprint density at radius 1 is 1.44 bits per heavy atom. The minimum Gasteiger partial charge on any atom is -0.480 e. The summed E-state index contributed by atoms with van der Waals surface area (Å²) in [7, 11) is 1.36. The molecule has 18 heavy (non-hydrogen) atoms. The molecule has 98 valence electrons. The Morgan fingerprint density at radius 2 is 2.06 bits per heavy atom. The second-order valence-electron chi connectivity index (χ2n) is 4.02. The third-order valence-corrected chi connectivity index (χ3v) is 2.68. The Bertz CT molecular complexity index is 476. The van der Waals surface area contributed by atoms with Gasteiger partial charge in [-0.1, -0.05) is 6.07 Å². The SMILES string of the molecule is Cc1ccc(NC(=O)N(C)C(C)C(=O)O)cc1F. The zero-order valence-electron chi connectivity index (χ0n) is 10.4. The highest BCUT2D eigenvalue weighted by Crippen LogP contribution is 2.14. The quantitative estimate of drug-likeness (QED) is 0.867. The van der Waals surface area contributed by atoms with Gasteiger partial charge in [0, 0.05) is 12.7 Å². The van der Waals surface area contributed by atoms with Gasteiger partial charge in [0.2, 0.25) is 0 Å². The summed E-state index contributed by atoms with van der Waals surface area (Å²) in [5.74, 6) is -1.54. The third-order valence-electron chi connectivity index (χ3n) is 2.68. The Kier molecular flexibility index (Phi) is 4.25. The molecule has 6 heteroatoms. The smallest absolute Gasteiger partial charge is 0.326 e. The normalized spacial score (nSPS) is 11.8. The van der Waals surface area contributed by atoms with Gasteiger partial charge < -0.3 is 15.3 Å². The van der Waals surface area contributed by atoms with Crippen molar-refractivity contribution in [3.8, 4) is 0 Å². The van der Waals surface area contributed by atoms with Gasteiger partial charge in [-0.15, -0.1) is 0 Å². The summed E-state index contributed by atoms with van der Waals surface area (Å²) in [4.78, 5) is 23.4. The number of halogens is 1. The Labute approximate surface area is 104 Å². The maximum absolute atomic E-state index is 13.3. The minimum absolute atomic E-state index is 0.285. The number of anilines is 1. The molecule has 0 saturated heterocycles. The van der Waals surface area contributed by atoms with Crippen LogP contribution in [0.5, 0.6) is 0 Å². The van der Waals surface area contributed by atoms with Crippen LogP contribution in [0, 0.1) is 12.7 Å². The van der Waals surface area contributed by atoms with E-state index in [0.29, 0.717) is 5.56 Å². The van der Waals surface area contributed by atoms with Gasteiger partial charge in [0.05, 0.1) is 0 Å². The van der Waals surface area contributed by atoms with Crippen molar-refractivity contribution in [1.29, 1.82) is 0 Å². The molecule has 0 aliphatic rings. The average molecular weight is 254 g/mol. The largest absolute Gasteiger partial charge is 0.480 e. The van der Waals surface area contributed by atoms with Crippen LogP contribution in [0.3, 0.4) is 0 Å². The molecule has 0 heterocycles. The van der Waals surface area contributed by atoms with Crippen molar-refractivity contribution in [3.05, 3.63) is 29.6 Å². The lowest BCUT2D eigenvalue weighted by molar-refractivity contribution is -0.141. The van der Waals surface area contributed by atoms with Gasteiger partial charge in [-0.05, 0) is 31.5 Å². The maximum Gasteiger partial charge on any atom is 0.326 e. The van der Waals surface area contributed by atoms with Crippen LogP contribution in [0.2, 0.25) is 0 Å². The molecular formula is C12H15FN2O3.